The molecule has 0 heterocycles. The number of nitrogens with two attached hydrogens (primary N) is 1. The Balaban J connectivity index is 1.88. The highest BCUT2D eigenvalue weighted by Crippen LogP contribution is 2.66. The molecule has 14 heavy (non-hydrogen) atoms. The highest BCUT2D eigenvalue weighted by Gasteiger charge is 2.59. The summed E-state index contributed by atoms with van der Waals surface area (Å²) in [4.78, 5) is 0. The van der Waals surface area contributed by atoms with Crippen LogP contribution in [0.1, 0.15) is 31.2 Å². The van der Waals surface area contributed by atoms with Crippen LogP contribution in [-0.4, -0.2) is 0 Å². The Morgan fingerprint density at radius 1 is 1.21 bits per heavy atom. The summed E-state index contributed by atoms with van der Waals surface area (Å²) in [5.41, 5.74) is 7.53. The first-order valence-electron chi connectivity index (χ1n) is 5.17. The van der Waals surface area contributed by atoms with Crippen molar-refractivity contribution in [3.05, 3.63) is 35.6 Å². The molecule has 0 aromatic heterocycles. The van der Waals surface area contributed by atoms with Crippen LogP contribution in [-0.2, 0) is 5.54 Å². The normalized spacial score (nSPS) is 25.9. The van der Waals surface area contributed by atoms with E-state index in [1.165, 1.54) is 18.9 Å². The number of hydrogen-bond donors (Lipinski definition) is 1. The van der Waals surface area contributed by atoms with Crippen molar-refractivity contribution < 1.29 is 4.39 Å². The highest BCUT2D eigenvalue weighted by atomic mass is 19.1. The van der Waals surface area contributed by atoms with Gasteiger partial charge < -0.3 is 5.73 Å². The number of halogens is 1. The predicted octanol–water partition coefficient (Wildman–Crippen LogP) is 2.55. The largest absolute Gasteiger partial charge is 0.321 e. The van der Waals surface area contributed by atoms with Gasteiger partial charge in [0.15, 0.2) is 0 Å². The Hall–Kier alpha value is -0.890. The number of benzene rings is 1. The standard InChI is InChI=1S/C12H14FN/c13-10-3-1-2-9(6-10)12(14)7-11(8-12)4-5-11/h1-3,6H,4-5,7-8,14H2. The second-order valence-electron chi connectivity index (χ2n) is 5.02. The van der Waals surface area contributed by atoms with Gasteiger partial charge in [0.05, 0.1) is 0 Å². The van der Waals surface area contributed by atoms with Gasteiger partial charge in [0.25, 0.3) is 0 Å². The topological polar surface area (TPSA) is 26.0 Å². The molecule has 0 bridgehead atoms. The lowest BCUT2D eigenvalue weighted by Gasteiger charge is -2.46. The van der Waals surface area contributed by atoms with Gasteiger partial charge in [-0.3, -0.25) is 0 Å². The van der Waals surface area contributed by atoms with E-state index in [-0.39, 0.29) is 11.4 Å². The maximum atomic E-state index is 13.0. The zero-order valence-electron chi connectivity index (χ0n) is 8.09. The molecule has 1 nitrogen and oxygen atoms in total. The molecule has 74 valence electrons. The smallest absolute Gasteiger partial charge is 0.123 e. The third-order valence-corrected chi connectivity index (χ3v) is 3.74. The fraction of sp³-hybridized carbons (Fsp3) is 0.500. The van der Waals surface area contributed by atoms with Crippen LogP contribution in [0.3, 0.4) is 0 Å². The first-order chi connectivity index (χ1) is 6.62. The van der Waals surface area contributed by atoms with Crippen molar-refractivity contribution in [2.24, 2.45) is 11.1 Å². The molecule has 1 aromatic rings. The summed E-state index contributed by atoms with van der Waals surface area (Å²) < 4.78 is 13.0. The minimum atomic E-state index is -0.238. The van der Waals surface area contributed by atoms with Crippen LogP contribution < -0.4 is 5.73 Å². The second kappa shape index (κ2) is 2.37. The summed E-state index contributed by atoms with van der Waals surface area (Å²) in [6.45, 7) is 0. The molecule has 0 aliphatic heterocycles. The molecule has 1 aromatic carbocycles. The van der Waals surface area contributed by atoms with Crippen molar-refractivity contribution in [2.75, 3.05) is 0 Å². The summed E-state index contributed by atoms with van der Waals surface area (Å²) in [5, 5.41) is 0. The van der Waals surface area contributed by atoms with Crippen LogP contribution in [0.2, 0.25) is 0 Å². The molecule has 2 saturated carbocycles. The van der Waals surface area contributed by atoms with E-state index < -0.39 is 0 Å². The van der Waals surface area contributed by atoms with Crippen LogP contribution in [0.4, 0.5) is 4.39 Å². The Morgan fingerprint density at radius 3 is 2.50 bits per heavy atom. The van der Waals surface area contributed by atoms with Crippen molar-refractivity contribution >= 4 is 0 Å². The molecule has 1 spiro atoms. The van der Waals surface area contributed by atoms with Gasteiger partial charge in [-0.15, -0.1) is 0 Å². The maximum Gasteiger partial charge on any atom is 0.123 e. The van der Waals surface area contributed by atoms with Crippen molar-refractivity contribution in [3.8, 4) is 0 Å². The Labute approximate surface area is 83.1 Å². The fourth-order valence-electron chi connectivity index (χ4n) is 2.82. The van der Waals surface area contributed by atoms with Crippen molar-refractivity contribution in [2.45, 2.75) is 31.2 Å². The van der Waals surface area contributed by atoms with Crippen molar-refractivity contribution in [1.82, 2.24) is 0 Å². The van der Waals surface area contributed by atoms with E-state index in [0.29, 0.717) is 5.41 Å². The average molecular weight is 191 g/mol. The van der Waals surface area contributed by atoms with E-state index in [2.05, 4.69) is 0 Å². The Morgan fingerprint density at radius 2 is 1.93 bits per heavy atom. The monoisotopic (exact) mass is 191 g/mol. The molecule has 3 rings (SSSR count). The highest BCUT2D eigenvalue weighted by molar-refractivity contribution is 5.31. The maximum absolute atomic E-state index is 13.0. The quantitative estimate of drug-likeness (QED) is 0.725. The van der Waals surface area contributed by atoms with E-state index in [0.717, 1.165) is 18.4 Å². The third-order valence-electron chi connectivity index (χ3n) is 3.74. The minimum absolute atomic E-state index is 0.177. The molecule has 2 aliphatic rings. The van der Waals surface area contributed by atoms with Gasteiger partial charge in [0.1, 0.15) is 5.82 Å². The zero-order valence-corrected chi connectivity index (χ0v) is 8.09. The molecule has 0 atom stereocenters. The van der Waals surface area contributed by atoms with E-state index in [4.69, 9.17) is 5.73 Å². The summed E-state index contributed by atoms with van der Waals surface area (Å²) in [5.74, 6) is -0.177. The number of hydrogen-bond acceptors (Lipinski definition) is 1. The second-order valence-corrected chi connectivity index (χ2v) is 5.02. The SMILES string of the molecule is NC1(c2cccc(F)c2)CC2(CC2)C1. The minimum Gasteiger partial charge on any atom is -0.321 e. The molecular weight excluding hydrogens is 177 g/mol. The van der Waals surface area contributed by atoms with Crippen LogP contribution in [0, 0.1) is 11.2 Å². The molecule has 0 saturated heterocycles. The lowest BCUT2D eigenvalue weighted by Crippen LogP contribution is -2.50. The van der Waals surface area contributed by atoms with Gasteiger partial charge in [-0.05, 0) is 48.8 Å². The van der Waals surface area contributed by atoms with Crippen LogP contribution in [0.15, 0.2) is 24.3 Å². The Bertz CT molecular complexity index is 374. The lowest BCUT2D eigenvalue weighted by atomic mass is 9.63. The van der Waals surface area contributed by atoms with Gasteiger partial charge in [0.2, 0.25) is 0 Å². The third kappa shape index (κ3) is 1.10. The molecule has 0 radical (unpaired) electrons. The number of rotatable bonds is 1. The first-order valence-corrected chi connectivity index (χ1v) is 5.17. The van der Waals surface area contributed by atoms with Gasteiger partial charge in [-0.25, -0.2) is 4.39 Å². The molecule has 2 aliphatic carbocycles. The van der Waals surface area contributed by atoms with Crippen LogP contribution in [0.25, 0.3) is 0 Å². The van der Waals surface area contributed by atoms with Gasteiger partial charge in [-0.1, -0.05) is 12.1 Å². The van der Waals surface area contributed by atoms with Crippen molar-refractivity contribution in [1.29, 1.82) is 0 Å². The molecular formula is C12H14FN. The average Bonchev–Trinajstić information content (AvgIpc) is 2.84. The summed E-state index contributed by atoms with van der Waals surface area (Å²) in [6, 6.07) is 6.74. The summed E-state index contributed by atoms with van der Waals surface area (Å²) in [6.07, 6.45) is 4.73. The van der Waals surface area contributed by atoms with Gasteiger partial charge >= 0.3 is 0 Å². The van der Waals surface area contributed by atoms with Crippen LogP contribution in [0.5, 0.6) is 0 Å². The van der Waals surface area contributed by atoms with E-state index in [9.17, 15) is 4.39 Å². The predicted molar refractivity (Wildman–Crippen MR) is 53.2 cm³/mol. The molecule has 2 N–H and O–H groups in total. The molecule has 0 amide bonds. The van der Waals surface area contributed by atoms with E-state index >= 15 is 0 Å². The van der Waals surface area contributed by atoms with E-state index in [1.807, 2.05) is 6.07 Å². The van der Waals surface area contributed by atoms with E-state index in [1.54, 1.807) is 12.1 Å². The van der Waals surface area contributed by atoms with Crippen molar-refractivity contribution in [3.63, 3.8) is 0 Å². The molecule has 0 unspecified atom stereocenters. The molecule has 2 fully saturated rings. The lowest BCUT2D eigenvalue weighted by molar-refractivity contribution is 0.124. The van der Waals surface area contributed by atoms with Gasteiger partial charge in [-0.2, -0.15) is 0 Å². The fourth-order valence-corrected chi connectivity index (χ4v) is 2.82. The molecule has 2 heteroatoms. The summed E-state index contributed by atoms with van der Waals surface area (Å²) >= 11 is 0. The van der Waals surface area contributed by atoms with Gasteiger partial charge in [0, 0.05) is 5.54 Å². The summed E-state index contributed by atoms with van der Waals surface area (Å²) in [7, 11) is 0. The van der Waals surface area contributed by atoms with Crippen LogP contribution >= 0.6 is 0 Å². The first kappa shape index (κ1) is 8.42. The Kier molecular flexibility index (Phi) is 1.43. The zero-order chi connectivity index (χ0) is 9.81.